The largest absolute Gasteiger partial charge is 0.573 e. The second-order valence-corrected chi connectivity index (χ2v) is 3.66. The molecule has 0 saturated carbocycles. The van der Waals surface area contributed by atoms with E-state index in [2.05, 4.69) is 9.72 Å². The molecule has 0 atom stereocenters. The van der Waals surface area contributed by atoms with Crippen molar-refractivity contribution in [2.75, 3.05) is 13.7 Å². The highest BCUT2D eigenvalue weighted by atomic mass is 35.5. The quantitative estimate of drug-likeness (QED) is 0.618. The van der Waals surface area contributed by atoms with Gasteiger partial charge in [-0.05, 0) is 6.92 Å². The third-order valence-electron chi connectivity index (χ3n) is 2.10. The first-order valence-electron chi connectivity index (χ1n) is 5.39. The zero-order valence-corrected chi connectivity index (χ0v) is 11.3. The Morgan fingerprint density at radius 2 is 2.10 bits per heavy atom. The molecule has 0 fully saturated rings. The molecule has 0 spiro atoms. The third kappa shape index (κ3) is 4.16. The molecule has 0 unspecified atom stereocenters. The summed E-state index contributed by atoms with van der Waals surface area (Å²) in [6.45, 7) is 1.58. The average Bonchev–Trinajstić information content (AvgIpc) is 2.36. The van der Waals surface area contributed by atoms with Crippen LogP contribution in [0.1, 0.15) is 23.0 Å². The number of ether oxygens (including phenoxy) is 3. The van der Waals surface area contributed by atoms with E-state index in [1.54, 1.807) is 6.92 Å². The number of carbonyl (C=O) groups is 1. The standard InChI is InChI=1S/C11H11ClF3NO4/c1-3-19-10(17)9-6(5-12)7(20-11(13,14)15)4-8(16-9)18-2/h4H,3,5H2,1-2H3. The summed E-state index contributed by atoms with van der Waals surface area (Å²) >= 11 is 5.57. The highest BCUT2D eigenvalue weighted by Gasteiger charge is 2.34. The molecule has 0 amide bonds. The molecule has 5 nitrogen and oxygen atoms in total. The fourth-order valence-electron chi connectivity index (χ4n) is 1.34. The van der Waals surface area contributed by atoms with E-state index in [1.165, 1.54) is 7.11 Å². The summed E-state index contributed by atoms with van der Waals surface area (Å²) < 4.78 is 50.2. The van der Waals surface area contributed by atoms with E-state index in [9.17, 15) is 18.0 Å². The predicted octanol–water partition coefficient (Wildman–Crippen LogP) is 2.90. The van der Waals surface area contributed by atoms with Crippen LogP contribution in [0.3, 0.4) is 0 Å². The lowest BCUT2D eigenvalue weighted by Gasteiger charge is -2.15. The number of rotatable bonds is 5. The zero-order valence-electron chi connectivity index (χ0n) is 10.6. The molecule has 0 bridgehead atoms. The van der Waals surface area contributed by atoms with Crippen LogP contribution < -0.4 is 9.47 Å². The van der Waals surface area contributed by atoms with Gasteiger partial charge in [-0.2, -0.15) is 0 Å². The molecule has 0 aromatic carbocycles. The minimum Gasteiger partial charge on any atom is -0.481 e. The molecule has 1 heterocycles. The summed E-state index contributed by atoms with van der Waals surface area (Å²) in [6, 6.07) is 0.897. The third-order valence-corrected chi connectivity index (χ3v) is 2.36. The molecule has 0 radical (unpaired) electrons. The number of alkyl halides is 4. The van der Waals surface area contributed by atoms with Crippen molar-refractivity contribution in [2.24, 2.45) is 0 Å². The molecule has 1 aromatic rings. The highest BCUT2D eigenvalue weighted by Crippen LogP contribution is 2.32. The van der Waals surface area contributed by atoms with Crippen LogP contribution in [0.5, 0.6) is 11.6 Å². The maximum Gasteiger partial charge on any atom is 0.573 e. The van der Waals surface area contributed by atoms with Gasteiger partial charge in [0.1, 0.15) is 5.75 Å². The monoisotopic (exact) mass is 313 g/mol. The Labute approximate surface area is 117 Å². The van der Waals surface area contributed by atoms with Crippen molar-refractivity contribution in [1.29, 1.82) is 0 Å². The summed E-state index contributed by atoms with van der Waals surface area (Å²) in [5.41, 5.74) is -0.594. The van der Waals surface area contributed by atoms with E-state index >= 15 is 0 Å². The van der Waals surface area contributed by atoms with Crippen LogP contribution in [0.25, 0.3) is 0 Å². The minimum atomic E-state index is -4.93. The molecule has 20 heavy (non-hydrogen) atoms. The van der Waals surface area contributed by atoms with Gasteiger partial charge in [0.15, 0.2) is 5.69 Å². The number of hydrogen-bond acceptors (Lipinski definition) is 5. The van der Waals surface area contributed by atoms with Gasteiger partial charge in [-0.25, -0.2) is 9.78 Å². The summed E-state index contributed by atoms with van der Waals surface area (Å²) in [6.07, 6.45) is -4.93. The lowest BCUT2D eigenvalue weighted by atomic mass is 10.2. The Morgan fingerprint density at radius 1 is 1.45 bits per heavy atom. The van der Waals surface area contributed by atoms with Crippen LogP contribution in [0, 0.1) is 0 Å². The first-order chi connectivity index (χ1) is 9.32. The van der Waals surface area contributed by atoms with Gasteiger partial charge < -0.3 is 14.2 Å². The highest BCUT2D eigenvalue weighted by molar-refractivity contribution is 6.17. The van der Waals surface area contributed by atoms with Gasteiger partial charge >= 0.3 is 12.3 Å². The molecule has 0 aliphatic rings. The van der Waals surface area contributed by atoms with Gasteiger partial charge in [-0.15, -0.1) is 24.8 Å². The molecule has 112 valence electrons. The SMILES string of the molecule is CCOC(=O)c1nc(OC)cc(OC(F)(F)F)c1CCl. The average molecular weight is 314 g/mol. The Kier molecular flexibility index (Phi) is 5.43. The van der Waals surface area contributed by atoms with Crippen molar-refractivity contribution in [2.45, 2.75) is 19.2 Å². The molecule has 1 aromatic heterocycles. The van der Waals surface area contributed by atoms with Crippen LogP contribution in [-0.4, -0.2) is 31.0 Å². The minimum absolute atomic E-state index is 0.0366. The maximum atomic E-state index is 12.3. The van der Waals surface area contributed by atoms with Crippen molar-refractivity contribution in [3.63, 3.8) is 0 Å². The Balaban J connectivity index is 3.34. The van der Waals surface area contributed by atoms with E-state index in [-0.39, 0.29) is 23.7 Å². The number of methoxy groups -OCH3 is 1. The number of carbonyl (C=O) groups excluding carboxylic acids is 1. The fourth-order valence-corrected chi connectivity index (χ4v) is 1.60. The molecule has 1 rings (SSSR count). The number of nitrogens with zero attached hydrogens (tertiary/aromatic N) is 1. The Hall–Kier alpha value is -1.70. The van der Waals surface area contributed by atoms with E-state index < -0.39 is 24.0 Å². The van der Waals surface area contributed by atoms with Crippen LogP contribution in [0.4, 0.5) is 13.2 Å². The Bertz CT molecular complexity index is 493. The number of esters is 1. The number of pyridine rings is 1. The number of hydrogen-bond donors (Lipinski definition) is 0. The molecule has 0 saturated heterocycles. The topological polar surface area (TPSA) is 57.7 Å². The van der Waals surface area contributed by atoms with Gasteiger partial charge in [0.2, 0.25) is 5.88 Å². The van der Waals surface area contributed by atoms with E-state index in [0.717, 1.165) is 6.07 Å². The molecular formula is C11H11ClF3NO4. The molecule has 0 aliphatic carbocycles. The van der Waals surface area contributed by atoms with Gasteiger partial charge in [0, 0.05) is 11.6 Å². The summed E-state index contributed by atoms with van der Waals surface area (Å²) in [5.74, 6) is -2.19. The van der Waals surface area contributed by atoms with Crippen molar-refractivity contribution in [3.8, 4) is 11.6 Å². The van der Waals surface area contributed by atoms with Crippen LogP contribution >= 0.6 is 11.6 Å². The van der Waals surface area contributed by atoms with Crippen molar-refractivity contribution in [3.05, 3.63) is 17.3 Å². The summed E-state index contributed by atoms with van der Waals surface area (Å²) in [7, 11) is 1.19. The molecule has 0 aliphatic heterocycles. The van der Waals surface area contributed by atoms with Crippen LogP contribution in [-0.2, 0) is 10.6 Å². The first kappa shape index (κ1) is 16.4. The molecule has 9 heteroatoms. The summed E-state index contributed by atoms with van der Waals surface area (Å²) in [5, 5.41) is 0. The van der Waals surface area contributed by atoms with Gasteiger partial charge in [0.25, 0.3) is 0 Å². The van der Waals surface area contributed by atoms with Crippen LogP contribution in [0.2, 0.25) is 0 Å². The van der Waals surface area contributed by atoms with Crippen molar-refractivity contribution >= 4 is 17.6 Å². The van der Waals surface area contributed by atoms with Crippen LogP contribution in [0.15, 0.2) is 6.07 Å². The second kappa shape index (κ2) is 6.65. The fraction of sp³-hybridized carbons (Fsp3) is 0.455. The van der Waals surface area contributed by atoms with Gasteiger partial charge in [0.05, 0.1) is 19.6 Å². The van der Waals surface area contributed by atoms with E-state index in [0.29, 0.717) is 0 Å². The lowest BCUT2D eigenvalue weighted by Crippen LogP contribution is -2.20. The van der Waals surface area contributed by atoms with E-state index in [1.807, 2.05) is 0 Å². The molecule has 0 N–H and O–H groups in total. The maximum absolute atomic E-state index is 12.3. The number of halogens is 4. The Morgan fingerprint density at radius 3 is 2.55 bits per heavy atom. The summed E-state index contributed by atoms with van der Waals surface area (Å²) in [4.78, 5) is 15.4. The smallest absolute Gasteiger partial charge is 0.481 e. The zero-order chi connectivity index (χ0) is 15.3. The lowest BCUT2D eigenvalue weighted by molar-refractivity contribution is -0.274. The second-order valence-electron chi connectivity index (χ2n) is 3.39. The molecular weight excluding hydrogens is 303 g/mol. The first-order valence-corrected chi connectivity index (χ1v) is 5.92. The van der Waals surface area contributed by atoms with Crippen molar-refractivity contribution in [1.82, 2.24) is 4.98 Å². The predicted molar refractivity (Wildman–Crippen MR) is 63.0 cm³/mol. The van der Waals surface area contributed by atoms with E-state index in [4.69, 9.17) is 21.1 Å². The van der Waals surface area contributed by atoms with Crippen molar-refractivity contribution < 1.29 is 32.2 Å². The van der Waals surface area contributed by atoms with Gasteiger partial charge in [-0.3, -0.25) is 0 Å². The normalized spacial score (nSPS) is 11.1. The van der Waals surface area contributed by atoms with Gasteiger partial charge in [-0.1, -0.05) is 0 Å². The number of aromatic nitrogens is 1.